The van der Waals surface area contributed by atoms with Crippen LogP contribution in [0.5, 0.6) is 0 Å². The van der Waals surface area contributed by atoms with Crippen LogP contribution >= 0.6 is 23.4 Å². The summed E-state index contributed by atoms with van der Waals surface area (Å²) in [6, 6.07) is 15.2. The Morgan fingerprint density at radius 2 is 2.04 bits per heavy atom. The number of nitrogens with zero attached hydrogens (tertiary/aromatic N) is 3. The Morgan fingerprint density at radius 3 is 2.76 bits per heavy atom. The smallest absolute Gasteiger partial charge is 0.191 e. The van der Waals surface area contributed by atoms with Gasteiger partial charge in [-0.1, -0.05) is 59.8 Å². The van der Waals surface area contributed by atoms with E-state index in [1.807, 2.05) is 23.7 Å². The number of carbonyl (C=O) groups is 1. The normalized spacial score (nSPS) is 12.1. The average Bonchev–Trinajstić information content (AvgIpc) is 3.00. The lowest BCUT2D eigenvalue weighted by Crippen LogP contribution is -2.04. The minimum Gasteiger partial charge on any atom is -0.312 e. The number of ketones is 1. The molecule has 1 aromatic heterocycles. The molecular formula is C19H18ClN3OS. The first-order valence-electron chi connectivity index (χ1n) is 7.91. The van der Waals surface area contributed by atoms with E-state index in [-0.39, 0.29) is 11.0 Å². The molecule has 128 valence electrons. The second kappa shape index (κ2) is 7.85. The van der Waals surface area contributed by atoms with E-state index in [1.165, 1.54) is 0 Å². The zero-order valence-electron chi connectivity index (χ0n) is 14.0. The average molecular weight is 372 g/mol. The molecule has 0 fully saturated rings. The highest BCUT2D eigenvalue weighted by Crippen LogP contribution is 2.33. The SMILES string of the molecule is CC(Sc1nncn1C)c1cccc(CC(=O)c2cccc(Cl)c2)c1. The fraction of sp³-hybridized carbons (Fsp3) is 0.211. The third-order valence-electron chi connectivity index (χ3n) is 3.88. The largest absolute Gasteiger partial charge is 0.312 e. The van der Waals surface area contributed by atoms with Gasteiger partial charge in [-0.05, 0) is 30.2 Å². The Bertz CT molecular complexity index is 894. The number of hydrogen-bond acceptors (Lipinski definition) is 4. The molecule has 3 rings (SSSR count). The number of aromatic nitrogens is 3. The number of hydrogen-bond donors (Lipinski definition) is 0. The summed E-state index contributed by atoms with van der Waals surface area (Å²) >= 11 is 7.61. The Kier molecular flexibility index (Phi) is 5.56. The first kappa shape index (κ1) is 17.7. The van der Waals surface area contributed by atoms with Crippen molar-refractivity contribution in [3.63, 3.8) is 0 Å². The van der Waals surface area contributed by atoms with E-state index < -0.39 is 0 Å². The maximum Gasteiger partial charge on any atom is 0.191 e. The molecule has 4 nitrogen and oxygen atoms in total. The van der Waals surface area contributed by atoms with Gasteiger partial charge >= 0.3 is 0 Å². The first-order valence-corrected chi connectivity index (χ1v) is 9.17. The number of carbonyl (C=O) groups excluding carboxylic acids is 1. The molecule has 0 aliphatic rings. The van der Waals surface area contributed by atoms with Crippen LogP contribution < -0.4 is 0 Å². The van der Waals surface area contributed by atoms with Gasteiger partial charge in [0.15, 0.2) is 10.9 Å². The van der Waals surface area contributed by atoms with Gasteiger partial charge in [-0.15, -0.1) is 10.2 Å². The molecule has 0 radical (unpaired) electrons. The third kappa shape index (κ3) is 4.50. The summed E-state index contributed by atoms with van der Waals surface area (Å²) in [5.74, 6) is 0.0632. The fourth-order valence-corrected chi connectivity index (χ4v) is 3.61. The Labute approximate surface area is 156 Å². The van der Waals surface area contributed by atoms with E-state index in [0.29, 0.717) is 17.0 Å². The van der Waals surface area contributed by atoms with E-state index >= 15 is 0 Å². The van der Waals surface area contributed by atoms with Crippen molar-refractivity contribution in [2.45, 2.75) is 23.8 Å². The predicted octanol–water partition coefficient (Wildman–Crippen LogP) is 4.75. The molecule has 0 N–H and O–H groups in total. The van der Waals surface area contributed by atoms with Gasteiger partial charge < -0.3 is 4.57 Å². The Hall–Kier alpha value is -2.11. The van der Waals surface area contributed by atoms with Crippen LogP contribution in [0, 0.1) is 0 Å². The summed E-state index contributed by atoms with van der Waals surface area (Å²) in [4.78, 5) is 12.5. The predicted molar refractivity (Wildman–Crippen MR) is 101 cm³/mol. The molecule has 1 heterocycles. The molecule has 0 spiro atoms. The van der Waals surface area contributed by atoms with Crippen molar-refractivity contribution in [3.05, 3.63) is 76.6 Å². The van der Waals surface area contributed by atoms with Gasteiger partial charge in [0.05, 0.1) is 0 Å². The summed E-state index contributed by atoms with van der Waals surface area (Å²) in [7, 11) is 1.93. The summed E-state index contributed by atoms with van der Waals surface area (Å²) in [5, 5.41) is 9.67. The molecule has 1 unspecified atom stereocenters. The maximum atomic E-state index is 12.5. The van der Waals surface area contributed by atoms with Crippen LogP contribution in [0.3, 0.4) is 0 Å². The van der Waals surface area contributed by atoms with Crippen molar-refractivity contribution in [1.82, 2.24) is 14.8 Å². The Balaban J connectivity index is 1.73. The second-order valence-electron chi connectivity index (χ2n) is 5.84. The maximum absolute atomic E-state index is 12.5. The van der Waals surface area contributed by atoms with Crippen LogP contribution in [0.1, 0.15) is 33.7 Å². The minimum atomic E-state index is 0.0632. The van der Waals surface area contributed by atoms with Gasteiger partial charge in [0.25, 0.3) is 0 Å². The van der Waals surface area contributed by atoms with Crippen molar-refractivity contribution in [1.29, 1.82) is 0 Å². The Morgan fingerprint density at radius 1 is 1.24 bits per heavy atom. The molecule has 0 aliphatic carbocycles. The molecule has 0 aliphatic heterocycles. The van der Waals surface area contributed by atoms with Gasteiger partial charge in [-0.2, -0.15) is 0 Å². The van der Waals surface area contributed by atoms with Crippen molar-refractivity contribution in [2.24, 2.45) is 7.05 Å². The lowest BCUT2D eigenvalue weighted by molar-refractivity contribution is 0.0993. The summed E-state index contributed by atoms with van der Waals surface area (Å²) in [6.07, 6.45) is 2.05. The molecule has 3 aromatic rings. The topological polar surface area (TPSA) is 47.8 Å². The summed E-state index contributed by atoms with van der Waals surface area (Å²) in [5.41, 5.74) is 2.79. The van der Waals surface area contributed by atoms with Crippen molar-refractivity contribution >= 4 is 29.1 Å². The van der Waals surface area contributed by atoms with Crippen molar-refractivity contribution in [3.8, 4) is 0 Å². The fourth-order valence-electron chi connectivity index (χ4n) is 2.51. The highest BCUT2D eigenvalue weighted by atomic mass is 35.5. The molecule has 6 heteroatoms. The first-order chi connectivity index (χ1) is 12.0. The van der Waals surface area contributed by atoms with Crippen molar-refractivity contribution < 1.29 is 4.79 Å². The quantitative estimate of drug-likeness (QED) is 0.463. The van der Waals surface area contributed by atoms with E-state index in [4.69, 9.17) is 11.6 Å². The number of rotatable bonds is 6. The number of thioether (sulfide) groups is 1. The molecule has 0 amide bonds. The zero-order chi connectivity index (χ0) is 17.8. The summed E-state index contributed by atoms with van der Waals surface area (Å²) < 4.78 is 1.90. The molecule has 0 saturated heterocycles. The van der Waals surface area contributed by atoms with Crippen LogP contribution in [0.4, 0.5) is 0 Å². The lowest BCUT2D eigenvalue weighted by atomic mass is 10.0. The van der Waals surface area contributed by atoms with Gasteiger partial charge in [0, 0.05) is 29.3 Å². The third-order valence-corrected chi connectivity index (χ3v) is 5.33. The number of halogens is 1. The van der Waals surface area contributed by atoms with Gasteiger partial charge in [0.1, 0.15) is 6.33 Å². The van der Waals surface area contributed by atoms with Crippen LogP contribution in [-0.4, -0.2) is 20.5 Å². The van der Waals surface area contributed by atoms with Crippen LogP contribution in [0.25, 0.3) is 0 Å². The minimum absolute atomic E-state index is 0.0632. The van der Waals surface area contributed by atoms with Crippen LogP contribution in [-0.2, 0) is 13.5 Å². The van der Waals surface area contributed by atoms with Crippen molar-refractivity contribution in [2.75, 3.05) is 0 Å². The van der Waals surface area contributed by atoms with Gasteiger partial charge in [0.2, 0.25) is 0 Å². The van der Waals surface area contributed by atoms with Gasteiger partial charge in [-0.3, -0.25) is 4.79 Å². The van der Waals surface area contributed by atoms with Gasteiger partial charge in [-0.25, -0.2) is 0 Å². The molecular weight excluding hydrogens is 354 g/mol. The van der Waals surface area contributed by atoms with E-state index in [9.17, 15) is 4.79 Å². The lowest BCUT2D eigenvalue weighted by Gasteiger charge is -2.12. The molecule has 1 atom stereocenters. The molecule has 0 saturated carbocycles. The molecule has 25 heavy (non-hydrogen) atoms. The highest BCUT2D eigenvalue weighted by molar-refractivity contribution is 7.99. The van der Waals surface area contributed by atoms with Crippen LogP contribution in [0.15, 0.2) is 60.0 Å². The standard InChI is InChI=1S/C19H18ClN3OS/c1-13(25-19-22-21-12-23(19)2)15-6-3-5-14(9-15)10-18(24)16-7-4-8-17(20)11-16/h3-9,11-13H,10H2,1-2H3. The highest BCUT2D eigenvalue weighted by Gasteiger charge is 2.13. The number of Topliss-reactive ketones (excluding diaryl/α,β-unsaturated/α-hetero) is 1. The number of benzene rings is 2. The second-order valence-corrected chi connectivity index (χ2v) is 7.58. The monoisotopic (exact) mass is 371 g/mol. The molecule has 0 bridgehead atoms. The zero-order valence-corrected chi connectivity index (χ0v) is 15.6. The molecule has 2 aromatic carbocycles. The number of aryl methyl sites for hydroxylation is 1. The van der Waals surface area contributed by atoms with E-state index in [1.54, 1.807) is 42.4 Å². The van der Waals surface area contributed by atoms with Crippen LogP contribution in [0.2, 0.25) is 5.02 Å². The van der Waals surface area contributed by atoms with E-state index in [0.717, 1.165) is 16.3 Å². The summed E-state index contributed by atoms with van der Waals surface area (Å²) in [6.45, 7) is 2.12. The van der Waals surface area contributed by atoms with E-state index in [2.05, 4.69) is 29.3 Å².